The number of carbonyl (C=O) groups excluding carboxylic acids is 3. The Hall–Kier alpha value is -3.38. The average Bonchev–Trinajstić information content (AvgIpc) is 2.87. The van der Waals surface area contributed by atoms with Gasteiger partial charge in [0, 0.05) is 13.1 Å². The minimum atomic E-state index is -1.26. The van der Waals surface area contributed by atoms with Crippen LogP contribution < -0.4 is 16.4 Å². The highest BCUT2D eigenvalue weighted by atomic mass is 16.5. The van der Waals surface area contributed by atoms with E-state index in [-0.39, 0.29) is 12.6 Å². The molecular formula is C23H34N6O6. The predicted molar refractivity (Wildman–Crippen MR) is 126 cm³/mol. The van der Waals surface area contributed by atoms with E-state index in [4.69, 9.17) is 15.9 Å². The number of piperidine rings is 2. The maximum atomic E-state index is 13.2. The van der Waals surface area contributed by atoms with E-state index in [1.54, 1.807) is 12.1 Å². The van der Waals surface area contributed by atoms with Crippen molar-refractivity contribution in [1.29, 1.82) is 5.41 Å². The fourth-order valence-corrected chi connectivity index (χ4v) is 4.43. The Morgan fingerprint density at radius 2 is 1.83 bits per heavy atom. The number of nitrogens with zero attached hydrogens (tertiary/aromatic N) is 2. The summed E-state index contributed by atoms with van der Waals surface area (Å²) < 4.78 is 5.14. The molecule has 1 unspecified atom stereocenters. The van der Waals surface area contributed by atoms with Crippen LogP contribution in [0, 0.1) is 5.41 Å². The van der Waals surface area contributed by atoms with E-state index < -0.39 is 48.9 Å². The van der Waals surface area contributed by atoms with E-state index in [1.165, 1.54) is 9.80 Å². The Labute approximate surface area is 203 Å². The van der Waals surface area contributed by atoms with Crippen molar-refractivity contribution in [3.05, 3.63) is 35.9 Å². The summed E-state index contributed by atoms with van der Waals surface area (Å²) in [7, 11) is 0. The molecule has 0 spiro atoms. The number of ether oxygens (including phenoxy) is 1. The van der Waals surface area contributed by atoms with E-state index in [9.17, 15) is 24.6 Å². The summed E-state index contributed by atoms with van der Waals surface area (Å²) in [6.45, 7) is 0.0653. The van der Waals surface area contributed by atoms with Crippen LogP contribution >= 0.6 is 0 Å². The van der Waals surface area contributed by atoms with Crippen LogP contribution in [0.4, 0.5) is 4.79 Å². The van der Waals surface area contributed by atoms with Gasteiger partial charge in [-0.05, 0) is 37.7 Å². The lowest BCUT2D eigenvalue weighted by Crippen LogP contribution is -2.62. The molecule has 0 saturated carbocycles. The van der Waals surface area contributed by atoms with Crippen molar-refractivity contribution in [2.75, 3.05) is 19.7 Å². The maximum absolute atomic E-state index is 13.2. The van der Waals surface area contributed by atoms with Gasteiger partial charge in [0.1, 0.15) is 24.9 Å². The second-order valence-electron chi connectivity index (χ2n) is 8.73. The number of nitrogens with one attached hydrogen (secondary N) is 3. The molecule has 0 aliphatic carbocycles. The number of amides is 3. The Kier molecular flexibility index (Phi) is 9.26. The number of aliphatic hydroxyl groups excluding tert-OH is 2. The van der Waals surface area contributed by atoms with Crippen molar-refractivity contribution in [2.45, 2.75) is 63.1 Å². The molecule has 2 aliphatic heterocycles. The van der Waals surface area contributed by atoms with Crippen LogP contribution in [0.2, 0.25) is 0 Å². The molecule has 0 bridgehead atoms. The fraction of sp³-hybridized carbons (Fsp3) is 0.565. The monoisotopic (exact) mass is 490 g/mol. The first-order valence-electron chi connectivity index (χ1n) is 11.8. The summed E-state index contributed by atoms with van der Waals surface area (Å²) in [6.07, 6.45) is 0.967. The molecule has 35 heavy (non-hydrogen) atoms. The number of hydrogen-bond acceptors (Lipinski definition) is 7. The summed E-state index contributed by atoms with van der Waals surface area (Å²) >= 11 is 0. The first-order valence-corrected chi connectivity index (χ1v) is 11.8. The van der Waals surface area contributed by atoms with Crippen molar-refractivity contribution < 1.29 is 29.3 Å². The molecule has 3 rings (SSSR count). The van der Waals surface area contributed by atoms with Gasteiger partial charge in [0.25, 0.3) is 0 Å². The van der Waals surface area contributed by atoms with Crippen molar-refractivity contribution in [3.8, 4) is 0 Å². The number of guanidine groups is 1. The number of nitrogens with two attached hydrogens (primary N) is 1. The zero-order valence-electron chi connectivity index (χ0n) is 19.6. The maximum Gasteiger partial charge on any atom is 0.408 e. The van der Waals surface area contributed by atoms with Crippen LogP contribution in [0.3, 0.4) is 0 Å². The average molecular weight is 491 g/mol. The van der Waals surface area contributed by atoms with Crippen molar-refractivity contribution >= 4 is 23.9 Å². The summed E-state index contributed by atoms with van der Waals surface area (Å²) in [6, 6.07) is 6.31. The fourth-order valence-electron chi connectivity index (χ4n) is 4.43. The Morgan fingerprint density at radius 1 is 1.11 bits per heavy atom. The molecule has 12 heteroatoms. The lowest BCUT2D eigenvalue weighted by molar-refractivity contribution is -0.145. The van der Waals surface area contributed by atoms with Crippen LogP contribution in [-0.4, -0.2) is 87.9 Å². The number of aliphatic hydroxyl groups is 2. The van der Waals surface area contributed by atoms with Crippen LogP contribution in [0.5, 0.6) is 0 Å². The standard InChI is InChI=1S/C23H34N6O6/c24-22(25)29-12-6-9-16(20(29)32)26-19(31)18-10-4-5-11-28(18)21(33)17(13-30)27-23(34)35-14-15-7-2-1-3-8-15/h1-3,7-8,16-18,20,30,32H,4-6,9-14H2,(H3,24,25)(H,26,31)(H,27,34)/t16-,17-,18-,20?/m1/s1. The number of benzene rings is 1. The van der Waals surface area contributed by atoms with Crippen LogP contribution in [-0.2, 0) is 20.9 Å². The van der Waals surface area contributed by atoms with Gasteiger partial charge in [0.05, 0.1) is 12.6 Å². The zero-order valence-corrected chi connectivity index (χ0v) is 19.6. The van der Waals surface area contributed by atoms with Crippen LogP contribution in [0.1, 0.15) is 37.7 Å². The second kappa shape index (κ2) is 12.4. The van der Waals surface area contributed by atoms with E-state index in [2.05, 4.69) is 10.6 Å². The molecule has 0 radical (unpaired) electrons. The number of hydrogen-bond donors (Lipinski definition) is 6. The lowest BCUT2D eigenvalue weighted by atomic mass is 9.98. The summed E-state index contributed by atoms with van der Waals surface area (Å²) in [5, 5.41) is 33.0. The predicted octanol–water partition coefficient (Wildman–Crippen LogP) is -0.553. The molecule has 2 saturated heterocycles. The lowest BCUT2D eigenvalue weighted by Gasteiger charge is -2.41. The molecule has 1 aromatic carbocycles. The van der Waals surface area contributed by atoms with Gasteiger partial charge < -0.3 is 41.1 Å². The number of alkyl carbamates (subject to hydrolysis) is 1. The zero-order chi connectivity index (χ0) is 25.4. The minimum absolute atomic E-state index is 0.00868. The largest absolute Gasteiger partial charge is 0.445 e. The quantitative estimate of drug-likeness (QED) is 0.217. The molecule has 0 aromatic heterocycles. The third-order valence-corrected chi connectivity index (χ3v) is 6.30. The molecule has 3 amide bonds. The van der Waals surface area contributed by atoms with Gasteiger partial charge in [0.2, 0.25) is 11.8 Å². The van der Waals surface area contributed by atoms with Crippen molar-refractivity contribution in [2.24, 2.45) is 5.73 Å². The summed E-state index contributed by atoms with van der Waals surface area (Å²) in [5.41, 5.74) is 6.29. The Morgan fingerprint density at radius 3 is 2.51 bits per heavy atom. The van der Waals surface area contributed by atoms with Crippen molar-refractivity contribution in [1.82, 2.24) is 20.4 Å². The molecular weight excluding hydrogens is 456 g/mol. The number of likely N-dealkylation sites (tertiary alicyclic amines) is 2. The molecule has 192 valence electrons. The third-order valence-electron chi connectivity index (χ3n) is 6.30. The molecule has 2 fully saturated rings. The van der Waals surface area contributed by atoms with Crippen LogP contribution in [0.15, 0.2) is 30.3 Å². The summed E-state index contributed by atoms with van der Waals surface area (Å²) in [5.74, 6) is -1.30. The normalized spacial score (nSPS) is 23.2. The van der Waals surface area contributed by atoms with Gasteiger partial charge in [-0.25, -0.2) is 4.79 Å². The molecule has 12 nitrogen and oxygen atoms in total. The molecule has 2 heterocycles. The Bertz CT molecular complexity index is 900. The molecule has 2 aliphatic rings. The highest BCUT2D eigenvalue weighted by molar-refractivity contribution is 5.91. The van der Waals surface area contributed by atoms with Gasteiger partial charge in [0.15, 0.2) is 5.96 Å². The number of carbonyl (C=O) groups is 3. The third kappa shape index (κ3) is 6.83. The van der Waals surface area contributed by atoms with Gasteiger partial charge >= 0.3 is 6.09 Å². The van der Waals surface area contributed by atoms with E-state index in [0.717, 1.165) is 12.0 Å². The minimum Gasteiger partial charge on any atom is -0.445 e. The summed E-state index contributed by atoms with van der Waals surface area (Å²) in [4.78, 5) is 41.2. The number of rotatable bonds is 7. The highest BCUT2D eigenvalue weighted by Crippen LogP contribution is 2.21. The van der Waals surface area contributed by atoms with Gasteiger partial charge in [-0.2, -0.15) is 0 Å². The van der Waals surface area contributed by atoms with Gasteiger partial charge in [-0.3, -0.25) is 15.0 Å². The topological polar surface area (TPSA) is 181 Å². The molecule has 1 aromatic rings. The highest BCUT2D eigenvalue weighted by Gasteiger charge is 2.39. The Balaban J connectivity index is 1.60. The van der Waals surface area contributed by atoms with E-state index >= 15 is 0 Å². The van der Waals surface area contributed by atoms with Crippen molar-refractivity contribution in [3.63, 3.8) is 0 Å². The van der Waals surface area contributed by atoms with Gasteiger partial charge in [-0.1, -0.05) is 30.3 Å². The van der Waals surface area contributed by atoms with E-state index in [1.807, 2.05) is 18.2 Å². The van der Waals surface area contributed by atoms with E-state index in [0.29, 0.717) is 38.8 Å². The van der Waals surface area contributed by atoms with Crippen LogP contribution in [0.25, 0.3) is 0 Å². The molecule has 7 N–H and O–H groups in total. The first kappa shape index (κ1) is 26.2. The smallest absolute Gasteiger partial charge is 0.408 e. The van der Waals surface area contributed by atoms with Gasteiger partial charge in [-0.15, -0.1) is 0 Å². The first-order chi connectivity index (χ1) is 16.8. The SMILES string of the molecule is N=C(N)N1CCC[C@@H](NC(=O)[C@H]2CCCCN2C(=O)[C@@H](CO)NC(=O)OCc2ccccc2)C1O. The molecule has 4 atom stereocenters. The second-order valence-corrected chi connectivity index (χ2v) is 8.73.